The van der Waals surface area contributed by atoms with Crippen molar-refractivity contribution in [2.75, 3.05) is 9.80 Å². The minimum atomic E-state index is -0.241. The van der Waals surface area contributed by atoms with Crippen LogP contribution in [0.4, 0.5) is 34.1 Å². The van der Waals surface area contributed by atoms with Gasteiger partial charge in [-0.25, -0.2) is 0 Å². The molecule has 60 heavy (non-hydrogen) atoms. The molecule has 0 saturated heterocycles. The molecule has 0 spiro atoms. The second-order valence-corrected chi connectivity index (χ2v) is 19.2. The molecule has 294 valence electrons. The van der Waals surface area contributed by atoms with Gasteiger partial charge in [0, 0.05) is 55.6 Å². The molecular weight excluding hydrogens is 727 g/mol. The highest BCUT2D eigenvalue weighted by molar-refractivity contribution is 5.99. The number of hydrogen-bond acceptors (Lipinski definition) is 2. The first-order valence-electron chi connectivity index (χ1n) is 22.0. The van der Waals surface area contributed by atoms with E-state index in [1.807, 2.05) is 0 Å². The fourth-order valence-electron chi connectivity index (χ4n) is 11.7. The molecule has 0 atom stereocenters. The van der Waals surface area contributed by atoms with Gasteiger partial charge in [0.15, 0.2) is 0 Å². The lowest BCUT2D eigenvalue weighted by atomic mass is 9.66. The Bertz CT molecular complexity index is 3090. The van der Waals surface area contributed by atoms with Gasteiger partial charge in [-0.3, -0.25) is 0 Å². The summed E-state index contributed by atoms with van der Waals surface area (Å²) in [5.74, 6) is 0. The van der Waals surface area contributed by atoms with Crippen molar-refractivity contribution < 1.29 is 0 Å². The van der Waals surface area contributed by atoms with Crippen molar-refractivity contribution in [1.29, 1.82) is 0 Å². The molecule has 3 aliphatic carbocycles. The predicted octanol–water partition coefficient (Wildman–Crippen LogP) is 15.3. The first-order valence-corrected chi connectivity index (χ1v) is 22.0. The smallest absolute Gasteiger partial charge is 0.0543 e. The van der Waals surface area contributed by atoms with Gasteiger partial charge >= 0.3 is 0 Å². The highest BCUT2D eigenvalue weighted by Gasteiger charge is 2.45. The summed E-state index contributed by atoms with van der Waals surface area (Å²) in [7, 11) is 0. The van der Waals surface area contributed by atoms with E-state index in [9.17, 15) is 0 Å². The van der Waals surface area contributed by atoms with Crippen LogP contribution in [0.1, 0.15) is 105 Å². The number of fused-ring (bicyclic) bond motifs is 10. The van der Waals surface area contributed by atoms with Gasteiger partial charge in [0.2, 0.25) is 0 Å². The van der Waals surface area contributed by atoms with Crippen LogP contribution in [0.25, 0.3) is 33.8 Å². The first kappa shape index (κ1) is 35.6. The number of hydrogen-bond donors (Lipinski definition) is 0. The van der Waals surface area contributed by atoms with Crippen molar-refractivity contribution in [2.45, 2.75) is 83.5 Å². The summed E-state index contributed by atoms with van der Waals surface area (Å²) in [6.45, 7) is 14.4. The van der Waals surface area contributed by atoms with Crippen molar-refractivity contribution in [3.8, 4) is 11.1 Å². The summed E-state index contributed by atoms with van der Waals surface area (Å²) in [5, 5.41) is 1.31. The summed E-state index contributed by atoms with van der Waals surface area (Å²) in [4.78, 5) is 5.10. The summed E-state index contributed by atoms with van der Waals surface area (Å²) in [5.41, 5.74) is 23.2. The second-order valence-electron chi connectivity index (χ2n) is 19.2. The summed E-state index contributed by atoms with van der Waals surface area (Å²) in [6, 6.07) is 46.7. The fourth-order valence-corrected chi connectivity index (χ4v) is 11.7. The molecule has 0 amide bonds. The zero-order chi connectivity index (χ0) is 40.7. The largest absolute Gasteiger partial charge is 0.313 e. The minimum absolute atomic E-state index is 0.112. The Morgan fingerprint density at radius 2 is 1.12 bits per heavy atom. The van der Waals surface area contributed by atoms with Gasteiger partial charge in [-0.2, -0.15) is 0 Å². The van der Waals surface area contributed by atoms with Crippen molar-refractivity contribution >= 4 is 56.8 Å². The zero-order valence-corrected chi connectivity index (χ0v) is 35.6. The Balaban J connectivity index is 1.09. The minimum Gasteiger partial charge on any atom is -0.313 e. The Kier molecular flexibility index (Phi) is 7.34. The van der Waals surface area contributed by atoms with Crippen LogP contribution in [0.3, 0.4) is 0 Å². The Hall–Kier alpha value is -6.32. The van der Waals surface area contributed by atoms with E-state index in [1.165, 1.54) is 106 Å². The van der Waals surface area contributed by atoms with Gasteiger partial charge in [0.25, 0.3) is 0 Å². The quantitative estimate of drug-likeness (QED) is 0.176. The fraction of sp³-hybridized carbons (Fsp3) is 0.228. The van der Waals surface area contributed by atoms with Gasteiger partial charge in [0.1, 0.15) is 0 Å². The van der Waals surface area contributed by atoms with Crippen LogP contribution >= 0.6 is 0 Å². The number of para-hydroxylation sites is 2. The molecule has 0 saturated carbocycles. The maximum atomic E-state index is 2.57. The van der Waals surface area contributed by atoms with Gasteiger partial charge < -0.3 is 14.4 Å². The van der Waals surface area contributed by atoms with Crippen LogP contribution in [-0.4, -0.2) is 4.57 Å². The molecule has 0 bridgehead atoms. The lowest BCUT2D eigenvalue weighted by Crippen LogP contribution is -2.38. The van der Waals surface area contributed by atoms with E-state index in [2.05, 4.69) is 208 Å². The number of rotatable bonds is 4. The van der Waals surface area contributed by atoms with Crippen LogP contribution in [-0.2, 0) is 22.7 Å². The van der Waals surface area contributed by atoms with E-state index in [0.29, 0.717) is 0 Å². The van der Waals surface area contributed by atoms with Crippen molar-refractivity contribution in [3.63, 3.8) is 0 Å². The zero-order valence-electron chi connectivity index (χ0n) is 35.6. The van der Waals surface area contributed by atoms with E-state index >= 15 is 0 Å². The number of nitrogens with zero attached hydrogens (tertiary/aromatic N) is 3. The average Bonchev–Trinajstić information content (AvgIpc) is 3.72. The van der Waals surface area contributed by atoms with Gasteiger partial charge in [0.05, 0.1) is 22.6 Å². The molecule has 0 fully saturated rings. The SMILES string of the molecule is CC1(C)c2ccccc2-c2ccc(N(c3ccc4c(c3)C(C)(C)c3cccc5c3N4c3ccccc3C5(C)C)c3ccc4c(c3)c3c(n4C4=CCCC=C4)CCC=C3)cc21. The van der Waals surface area contributed by atoms with E-state index in [-0.39, 0.29) is 16.2 Å². The summed E-state index contributed by atoms with van der Waals surface area (Å²) < 4.78 is 2.54. The van der Waals surface area contributed by atoms with Gasteiger partial charge in [-0.15, -0.1) is 0 Å². The van der Waals surface area contributed by atoms with Crippen LogP contribution in [0.5, 0.6) is 0 Å². The normalized spacial score (nSPS) is 17.9. The van der Waals surface area contributed by atoms with Crippen LogP contribution in [0.15, 0.2) is 146 Å². The van der Waals surface area contributed by atoms with Gasteiger partial charge in [-0.1, -0.05) is 133 Å². The van der Waals surface area contributed by atoms with E-state index in [0.717, 1.165) is 25.7 Å². The summed E-state index contributed by atoms with van der Waals surface area (Å²) in [6.07, 6.45) is 16.1. The average molecular weight is 778 g/mol. The molecule has 3 nitrogen and oxygen atoms in total. The number of anilines is 6. The first-order chi connectivity index (χ1) is 29.0. The molecule has 12 rings (SSSR count). The molecule has 0 unspecified atom stereocenters. The third-order valence-electron chi connectivity index (χ3n) is 14.8. The highest BCUT2D eigenvalue weighted by Crippen LogP contribution is 2.61. The number of allylic oxidation sites excluding steroid dienone is 5. The number of benzene rings is 6. The van der Waals surface area contributed by atoms with E-state index < -0.39 is 0 Å². The molecular formula is C57H51N3. The molecule has 5 aliphatic rings. The molecule has 2 aliphatic heterocycles. The molecule has 3 heteroatoms. The third-order valence-corrected chi connectivity index (χ3v) is 14.8. The maximum absolute atomic E-state index is 2.57. The second kappa shape index (κ2) is 12.4. The number of aromatic nitrogens is 1. The van der Waals surface area contributed by atoms with Crippen molar-refractivity contribution in [1.82, 2.24) is 4.57 Å². The lowest BCUT2D eigenvalue weighted by molar-refractivity contribution is 0.597. The molecule has 0 N–H and O–H groups in total. The predicted molar refractivity (Wildman–Crippen MR) is 253 cm³/mol. The standard InChI is InChI=1S/C57H51N3/c1-55(2)44-21-12-10-19-40(44)41-30-27-38(34-48(41)55)58(37-28-31-51-43(33-37)42-20-11-14-25-50(42)59(51)36-17-8-7-9-18-36)39-29-32-53-49(35-39)57(5,6)47-24-16-23-46-54(47)60(53)52-26-15-13-22-45(52)56(46,3)4/h8,10-13,15-24,26-35H,7,9,14,25H2,1-6H3. The molecule has 1 aromatic heterocycles. The van der Waals surface area contributed by atoms with Crippen molar-refractivity contribution in [2.24, 2.45) is 0 Å². The van der Waals surface area contributed by atoms with Crippen LogP contribution in [0.2, 0.25) is 0 Å². The molecule has 6 aromatic carbocycles. The topological polar surface area (TPSA) is 11.4 Å². The third kappa shape index (κ3) is 4.72. The Labute approximate surface area is 354 Å². The van der Waals surface area contributed by atoms with Crippen LogP contribution < -0.4 is 9.80 Å². The highest BCUT2D eigenvalue weighted by atomic mass is 15.2. The van der Waals surface area contributed by atoms with E-state index in [1.54, 1.807) is 0 Å². The molecule has 3 heterocycles. The van der Waals surface area contributed by atoms with Crippen LogP contribution in [0, 0.1) is 0 Å². The van der Waals surface area contributed by atoms with E-state index in [4.69, 9.17) is 0 Å². The lowest BCUT2D eigenvalue weighted by Gasteiger charge is -2.49. The monoisotopic (exact) mass is 777 g/mol. The summed E-state index contributed by atoms with van der Waals surface area (Å²) >= 11 is 0. The van der Waals surface area contributed by atoms with Crippen molar-refractivity contribution in [3.05, 3.63) is 190 Å². The molecule has 0 radical (unpaired) electrons. The molecule has 7 aromatic rings. The maximum Gasteiger partial charge on any atom is 0.0543 e. The Morgan fingerprint density at radius 3 is 1.92 bits per heavy atom. The Morgan fingerprint density at radius 1 is 0.500 bits per heavy atom. The van der Waals surface area contributed by atoms with Gasteiger partial charge in [-0.05, 0) is 131 Å².